The highest BCUT2D eigenvalue weighted by atomic mass is 19.1. The van der Waals surface area contributed by atoms with E-state index in [1.807, 2.05) is 0 Å². The Balaban J connectivity index is 1.76. The normalized spacial score (nSPS) is 25.2. The van der Waals surface area contributed by atoms with Crippen molar-refractivity contribution in [2.24, 2.45) is 0 Å². The molecule has 1 spiro atoms. The average Bonchev–Trinajstić information content (AvgIpc) is 2.43. The van der Waals surface area contributed by atoms with Gasteiger partial charge >= 0.3 is 0 Å². The Kier molecular flexibility index (Phi) is 3.69. The maximum Gasteiger partial charge on any atom is 0.126 e. The van der Waals surface area contributed by atoms with E-state index in [2.05, 4.69) is 11.8 Å². The molecule has 0 aromatic heterocycles. The minimum absolute atomic E-state index is 0.269. The lowest BCUT2D eigenvalue weighted by atomic mass is 9.81. The van der Waals surface area contributed by atoms with E-state index >= 15 is 0 Å². The second-order valence-electron chi connectivity index (χ2n) is 6.03. The molecule has 1 atom stereocenters. The summed E-state index contributed by atoms with van der Waals surface area (Å²) >= 11 is 0. The largest absolute Gasteiger partial charge is 0.487 e. The fraction of sp³-hybridized carbons (Fsp3) is 0.625. The average molecular weight is 279 g/mol. The van der Waals surface area contributed by atoms with Crippen molar-refractivity contribution in [2.75, 3.05) is 19.6 Å². The van der Waals surface area contributed by atoms with Gasteiger partial charge in [-0.2, -0.15) is 0 Å². The molecule has 1 N–H and O–H groups in total. The highest BCUT2D eigenvalue weighted by Crippen LogP contribution is 2.44. The van der Waals surface area contributed by atoms with Crippen LogP contribution >= 0.6 is 0 Å². The first-order chi connectivity index (χ1) is 9.62. The number of ether oxygens (including phenoxy) is 1. The minimum atomic E-state index is -0.618. The molecule has 1 aromatic rings. The number of benzene rings is 1. The van der Waals surface area contributed by atoms with E-state index in [9.17, 15) is 9.50 Å². The van der Waals surface area contributed by atoms with Gasteiger partial charge in [0.05, 0.1) is 6.10 Å². The van der Waals surface area contributed by atoms with Gasteiger partial charge in [0.15, 0.2) is 0 Å². The number of aliphatic hydroxyl groups excluding tert-OH is 1. The monoisotopic (exact) mass is 279 g/mol. The molecule has 1 saturated heterocycles. The van der Waals surface area contributed by atoms with Crippen LogP contribution in [-0.4, -0.2) is 35.2 Å². The number of hydrogen-bond acceptors (Lipinski definition) is 3. The Labute approximate surface area is 119 Å². The van der Waals surface area contributed by atoms with Gasteiger partial charge < -0.3 is 14.7 Å². The predicted molar refractivity (Wildman–Crippen MR) is 75.3 cm³/mol. The van der Waals surface area contributed by atoms with Crippen molar-refractivity contribution in [1.29, 1.82) is 0 Å². The zero-order chi connectivity index (χ0) is 14.2. The summed E-state index contributed by atoms with van der Waals surface area (Å²) in [5, 5.41) is 10.3. The second-order valence-corrected chi connectivity index (χ2v) is 6.03. The van der Waals surface area contributed by atoms with Crippen LogP contribution in [0.2, 0.25) is 0 Å². The number of piperidine rings is 1. The van der Waals surface area contributed by atoms with Gasteiger partial charge in [-0.15, -0.1) is 0 Å². The lowest BCUT2D eigenvalue weighted by molar-refractivity contribution is -0.0539. The molecule has 0 unspecified atom stereocenters. The van der Waals surface area contributed by atoms with Gasteiger partial charge in [0, 0.05) is 25.1 Å². The summed E-state index contributed by atoms with van der Waals surface area (Å²) in [6.45, 7) is 5.34. The molecule has 0 amide bonds. The van der Waals surface area contributed by atoms with Crippen LogP contribution in [0.15, 0.2) is 18.2 Å². The SMILES string of the molecule is CCCN1CCC2(CC1)C[C@H](O)c1cc(F)ccc1O2. The first-order valence-electron chi connectivity index (χ1n) is 7.51. The van der Waals surface area contributed by atoms with Crippen molar-refractivity contribution in [3.8, 4) is 5.75 Å². The summed E-state index contributed by atoms with van der Waals surface area (Å²) in [5.74, 6) is 0.328. The topological polar surface area (TPSA) is 32.7 Å². The first-order valence-corrected chi connectivity index (χ1v) is 7.51. The van der Waals surface area contributed by atoms with Crippen molar-refractivity contribution in [3.63, 3.8) is 0 Å². The summed E-state index contributed by atoms with van der Waals surface area (Å²) in [6.07, 6.45) is 2.98. The molecule has 0 aliphatic carbocycles. The van der Waals surface area contributed by atoms with Crippen LogP contribution in [-0.2, 0) is 0 Å². The molecule has 3 nitrogen and oxygen atoms in total. The van der Waals surface area contributed by atoms with Gasteiger partial charge in [0.1, 0.15) is 17.2 Å². The molecule has 20 heavy (non-hydrogen) atoms. The molecule has 1 fully saturated rings. The van der Waals surface area contributed by atoms with Crippen LogP contribution in [0, 0.1) is 5.82 Å². The van der Waals surface area contributed by atoms with Crippen LogP contribution in [0.5, 0.6) is 5.75 Å². The number of aliphatic hydroxyl groups is 1. The summed E-state index contributed by atoms with van der Waals surface area (Å²) in [7, 11) is 0. The van der Waals surface area contributed by atoms with Crippen LogP contribution in [0.1, 0.15) is 44.3 Å². The van der Waals surface area contributed by atoms with E-state index in [0.717, 1.165) is 32.5 Å². The minimum Gasteiger partial charge on any atom is -0.487 e. The molecule has 2 heterocycles. The Morgan fingerprint density at radius 1 is 1.40 bits per heavy atom. The lowest BCUT2D eigenvalue weighted by Crippen LogP contribution is -2.50. The molecule has 2 aliphatic heterocycles. The molecule has 2 aliphatic rings. The van der Waals surface area contributed by atoms with Crippen molar-refractivity contribution in [3.05, 3.63) is 29.6 Å². The first kappa shape index (κ1) is 13.8. The fourth-order valence-electron chi connectivity index (χ4n) is 3.42. The number of hydrogen-bond donors (Lipinski definition) is 1. The maximum atomic E-state index is 13.3. The molecular weight excluding hydrogens is 257 g/mol. The predicted octanol–water partition coefficient (Wildman–Crippen LogP) is 2.89. The molecule has 0 bridgehead atoms. The van der Waals surface area contributed by atoms with E-state index in [1.165, 1.54) is 18.6 Å². The maximum absolute atomic E-state index is 13.3. The third-order valence-electron chi connectivity index (χ3n) is 4.53. The number of halogens is 1. The van der Waals surface area contributed by atoms with Gasteiger partial charge in [-0.1, -0.05) is 6.92 Å². The fourth-order valence-corrected chi connectivity index (χ4v) is 3.42. The van der Waals surface area contributed by atoms with E-state index in [-0.39, 0.29) is 11.4 Å². The van der Waals surface area contributed by atoms with Crippen molar-refractivity contribution in [1.82, 2.24) is 4.90 Å². The molecule has 110 valence electrons. The van der Waals surface area contributed by atoms with Gasteiger partial charge in [-0.3, -0.25) is 0 Å². The third kappa shape index (κ3) is 2.54. The lowest BCUT2D eigenvalue weighted by Gasteiger charge is -2.46. The Morgan fingerprint density at radius 2 is 2.15 bits per heavy atom. The van der Waals surface area contributed by atoms with Gasteiger partial charge in [0.25, 0.3) is 0 Å². The highest BCUT2D eigenvalue weighted by molar-refractivity contribution is 5.38. The van der Waals surface area contributed by atoms with Gasteiger partial charge in [-0.25, -0.2) is 4.39 Å². The van der Waals surface area contributed by atoms with Crippen LogP contribution in [0.25, 0.3) is 0 Å². The van der Waals surface area contributed by atoms with Crippen LogP contribution in [0.3, 0.4) is 0 Å². The summed E-state index contributed by atoms with van der Waals surface area (Å²) in [5.41, 5.74) is 0.320. The Hall–Kier alpha value is -1.13. The Bertz CT molecular complexity index is 483. The van der Waals surface area contributed by atoms with Crippen molar-refractivity contribution >= 4 is 0 Å². The smallest absolute Gasteiger partial charge is 0.126 e. The summed E-state index contributed by atoms with van der Waals surface area (Å²) < 4.78 is 19.4. The number of likely N-dealkylation sites (tertiary alicyclic amines) is 1. The van der Waals surface area contributed by atoms with Gasteiger partial charge in [-0.05, 0) is 44.0 Å². The van der Waals surface area contributed by atoms with Crippen molar-refractivity contribution in [2.45, 2.75) is 44.3 Å². The molecule has 4 heteroatoms. The third-order valence-corrected chi connectivity index (χ3v) is 4.53. The van der Waals surface area contributed by atoms with E-state index in [0.29, 0.717) is 17.7 Å². The molecule has 0 radical (unpaired) electrons. The summed E-state index contributed by atoms with van der Waals surface area (Å²) in [4.78, 5) is 2.45. The van der Waals surface area contributed by atoms with Crippen LogP contribution < -0.4 is 4.74 Å². The number of rotatable bonds is 2. The molecule has 3 rings (SSSR count). The highest BCUT2D eigenvalue weighted by Gasteiger charge is 2.42. The number of fused-ring (bicyclic) bond motifs is 1. The zero-order valence-electron chi connectivity index (χ0n) is 11.9. The number of nitrogens with zero attached hydrogens (tertiary/aromatic N) is 1. The quantitative estimate of drug-likeness (QED) is 0.903. The molecule has 0 saturated carbocycles. The zero-order valence-corrected chi connectivity index (χ0v) is 11.9. The van der Waals surface area contributed by atoms with Gasteiger partial charge in [0.2, 0.25) is 0 Å². The Morgan fingerprint density at radius 3 is 2.85 bits per heavy atom. The van der Waals surface area contributed by atoms with Crippen LogP contribution in [0.4, 0.5) is 4.39 Å². The van der Waals surface area contributed by atoms with E-state index in [4.69, 9.17) is 4.74 Å². The second kappa shape index (κ2) is 5.34. The van der Waals surface area contributed by atoms with E-state index in [1.54, 1.807) is 6.07 Å². The van der Waals surface area contributed by atoms with Crippen molar-refractivity contribution < 1.29 is 14.2 Å². The molecular formula is C16H22FNO2. The van der Waals surface area contributed by atoms with E-state index < -0.39 is 6.10 Å². The molecule has 1 aromatic carbocycles. The summed E-state index contributed by atoms with van der Waals surface area (Å²) in [6, 6.07) is 4.43. The standard InChI is InChI=1S/C16H22FNO2/c1-2-7-18-8-5-16(6-9-18)11-14(19)13-10-12(17)3-4-15(13)20-16/h3-4,10,14,19H,2,5-9,11H2,1H3/t14-/m0/s1.